The number of ketones is 1. The van der Waals surface area contributed by atoms with Crippen LogP contribution in [0.5, 0.6) is 0 Å². The molecule has 36 heavy (non-hydrogen) atoms. The first-order chi connectivity index (χ1) is 17.4. The molecule has 0 bridgehead atoms. The lowest BCUT2D eigenvalue weighted by Gasteiger charge is -2.55. The summed E-state index contributed by atoms with van der Waals surface area (Å²) < 4.78 is 6.29. The van der Waals surface area contributed by atoms with Crippen molar-refractivity contribution in [2.24, 2.45) is 47.3 Å². The summed E-state index contributed by atoms with van der Waals surface area (Å²) in [5, 5.41) is 0. The molecular weight excluding hydrogens is 444 g/mol. The lowest BCUT2D eigenvalue weighted by molar-refractivity contribution is -0.157. The highest BCUT2D eigenvalue weighted by molar-refractivity contribution is 5.94. The zero-order valence-corrected chi connectivity index (χ0v) is 23.1. The summed E-state index contributed by atoms with van der Waals surface area (Å²) in [6, 6.07) is 0. The minimum atomic E-state index is -0.196. The van der Waals surface area contributed by atoms with Crippen molar-refractivity contribution in [2.75, 3.05) is 0 Å². The molecule has 5 aliphatic carbocycles. The van der Waals surface area contributed by atoms with E-state index in [1.165, 1.54) is 51.4 Å². The zero-order chi connectivity index (χ0) is 25.4. The zero-order valence-electron chi connectivity index (χ0n) is 23.1. The van der Waals surface area contributed by atoms with E-state index in [-0.39, 0.29) is 23.8 Å². The third kappa shape index (κ3) is 4.81. The van der Waals surface area contributed by atoms with Crippen molar-refractivity contribution in [1.29, 1.82) is 0 Å². The van der Waals surface area contributed by atoms with E-state index in [9.17, 15) is 9.59 Å². The van der Waals surface area contributed by atoms with Gasteiger partial charge in [0.15, 0.2) is 5.78 Å². The molecule has 0 radical (unpaired) electrons. The van der Waals surface area contributed by atoms with Crippen molar-refractivity contribution < 1.29 is 14.3 Å². The SMILES string of the molecule is C/C=C(/C)C(=O)C[C@@H]1CCC2C3=CCC4C5CCCCC5CCC4C3CCC2[C@H]1OC(=O)/C(C)=C\C. The monoisotopic (exact) mass is 492 g/mol. The first-order valence-electron chi connectivity index (χ1n) is 15.1. The molecule has 0 N–H and O–H groups in total. The van der Waals surface area contributed by atoms with E-state index < -0.39 is 0 Å². The predicted molar refractivity (Wildman–Crippen MR) is 145 cm³/mol. The minimum Gasteiger partial charge on any atom is -0.458 e. The molecular formula is C33H48O3. The Labute approximate surface area is 219 Å². The van der Waals surface area contributed by atoms with Crippen LogP contribution in [-0.4, -0.2) is 17.9 Å². The van der Waals surface area contributed by atoms with Crippen LogP contribution in [0.1, 0.15) is 105 Å². The Hall–Kier alpha value is -1.64. The number of Topliss-reactive ketones (excluding diaryl/α,β-unsaturated/α-hetero) is 1. The first kappa shape index (κ1) is 26.0. The van der Waals surface area contributed by atoms with Crippen LogP contribution in [0.15, 0.2) is 34.9 Å². The van der Waals surface area contributed by atoms with E-state index >= 15 is 0 Å². The third-order valence-electron chi connectivity index (χ3n) is 11.3. The van der Waals surface area contributed by atoms with Crippen LogP contribution < -0.4 is 0 Å². The molecule has 3 nitrogen and oxygen atoms in total. The minimum absolute atomic E-state index is 0.133. The number of ether oxygens (including phenoxy) is 1. The number of esters is 1. The van der Waals surface area contributed by atoms with Gasteiger partial charge in [0.1, 0.15) is 6.10 Å². The van der Waals surface area contributed by atoms with Crippen LogP contribution in [0.4, 0.5) is 0 Å². The van der Waals surface area contributed by atoms with Crippen molar-refractivity contribution in [1.82, 2.24) is 0 Å². The van der Waals surface area contributed by atoms with Gasteiger partial charge in [-0.15, -0.1) is 0 Å². The summed E-state index contributed by atoms with van der Waals surface area (Å²) in [5.74, 6) is 5.57. The maximum atomic E-state index is 12.9. The molecule has 0 spiro atoms. The van der Waals surface area contributed by atoms with Crippen molar-refractivity contribution in [2.45, 2.75) is 111 Å². The highest BCUT2D eigenvalue weighted by Gasteiger charge is 2.52. The maximum absolute atomic E-state index is 12.9. The van der Waals surface area contributed by atoms with Crippen LogP contribution in [0.3, 0.4) is 0 Å². The molecule has 4 fully saturated rings. The Balaban J connectivity index is 1.38. The molecule has 198 valence electrons. The molecule has 0 aromatic carbocycles. The Morgan fingerprint density at radius 3 is 2.28 bits per heavy atom. The molecule has 0 heterocycles. The number of carbonyl (C=O) groups excluding carboxylic acids is 2. The third-order valence-corrected chi connectivity index (χ3v) is 11.3. The standard InChI is InChI=1S/C33H48O3/c1-5-20(3)31(34)19-23-12-14-29-28-16-15-25-24-10-8-7-9-22(24)11-13-26(25)27(28)17-18-30(29)32(23)36-33(35)21(4)6-2/h5-6,16,22-27,29-30,32H,7-15,17-19H2,1-4H3/b20-5-,21-6-/t22?,23-,24?,25?,26?,27?,29?,30?,32-/m0/s1. The smallest absolute Gasteiger partial charge is 0.333 e. The van der Waals surface area contributed by atoms with E-state index in [1.807, 2.05) is 39.8 Å². The van der Waals surface area contributed by atoms with Crippen molar-refractivity contribution in [3.63, 3.8) is 0 Å². The van der Waals surface area contributed by atoms with Crippen molar-refractivity contribution in [3.05, 3.63) is 34.9 Å². The number of hydrogen-bond donors (Lipinski definition) is 0. The number of rotatable bonds is 5. The average molecular weight is 493 g/mol. The Bertz CT molecular complexity index is 939. The first-order valence-corrected chi connectivity index (χ1v) is 15.1. The van der Waals surface area contributed by atoms with Gasteiger partial charge in [0.25, 0.3) is 0 Å². The van der Waals surface area contributed by atoms with Gasteiger partial charge in [-0.25, -0.2) is 4.79 Å². The Morgan fingerprint density at radius 1 is 0.806 bits per heavy atom. The fraction of sp³-hybridized carbons (Fsp3) is 0.758. The van der Waals surface area contributed by atoms with E-state index in [2.05, 4.69) is 6.08 Å². The quantitative estimate of drug-likeness (QED) is 0.222. The molecule has 0 amide bonds. The molecule has 3 heteroatoms. The second-order valence-electron chi connectivity index (χ2n) is 12.8. The molecule has 5 aliphatic rings. The van der Waals surface area contributed by atoms with Crippen LogP contribution in [0, 0.1) is 47.3 Å². The van der Waals surface area contributed by atoms with Crippen LogP contribution in [0.2, 0.25) is 0 Å². The summed E-state index contributed by atoms with van der Waals surface area (Å²) in [7, 11) is 0. The number of fused-ring (bicyclic) bond motifs is 7. The highest BCUT2D eigenvalue weighted by atomic mass is 16.5. The van der Waals surface area contributed by atoms with E-state index in [0.29, 0.717) is 23.8 Å². The second-order valence-corrected chi connectivity index (χ2v) is 12.8. The Kier molecular flexibility index (Phi) is 7.94. The van der Waals surface area contributed by atoms with Crippen LogP contribution >= 0.6 is 0 Å². The predicted octanol–water partition coefficient (Wildman–Crippen LogP) is 8.00. The summed E-state index contributed by atoms with van der Waals surface area (Å²) >= 11 is 0. The average Bonchev–Trinajstić information content (AvgIpc) is 2.92. The van der Waals surface area contributed by atoms with Gasteiger partial charge < -0.3 is 4.74 Å². The van der Waals surface area contributed by atoms with Gasteiger partial charge >= 0.3 is 5.97 Å². The Morgan fingerprint density at radius 2 is 1.50 bits per heavy atom. The summed E-state index contributed by atoms with van der Waals surface area (Å²) in [5.41, 5.74) is 3.22. The number of hydrogen-bond acceptors (Lipinski definition) is 3. The van der Waals surface area contributed by atoms with Gasteiger partial charge in [-0.05, 0) is 120 Å². The molecule has 0 aromatic rings. The summed E-state index contributed by atoms with van der Waals surface area (Å²) in [6.07, 6.45) is 21.3. The maximum Gasteiger partial charge on any atom is 0.333 e. The molecule has 4 saturated carbocycles. The molecule has 9 atom stereocenters. The van der Waals surface area contributed by atoms with Gasteiger partial charge in [-0.1, -0.05) is 43.1 Å². The number of carbonyl (C=O) groups is 2. The molecule has 0 saturated heterocycles. The molecule has 7 unspecified atom stereocenters. The van der Waals surface area contributed by atoms with E-state index in [1.54, 1.807) is 5.57 Å². The van der Waals surface area contributed by atoms with Crippen molar-refractivity contribution in [3.8, 4) is 0 Å². The summed E-state index contributed by atoms with van der Waals surface area (Å²) in [6.45, 7) is 7.58. The van der Waals surface area contributed by atoms with Crippen molar-refractivity contribution >= 4 is 11.8 Å². The molecule has 0 aromatic heterocycles. The van der Waals surface area contributed by atoms with E-state index in [0.717, 1.165) is 54.4 Å². The van der Waals surface area contributed by atoms with Gasteiger partial charge in [0.2, 0.25) is 0 Å². The van der Waals surface area contributed by atoms with Gasteiger partial charge in [0, 0.05) is 23.8 Å². The lowest BCUT2D eigenvalue weighted by atomic mass is 9.50. The largest absolute Gasteiger partial charge is 0.458 e. The normalized spacial score (nSPS) is 40.7. The lowest BCUT2D eigenvalue weighted by Crippen LogP contribution is -2.50. The number of allylic oxidation sites excluding steroid dienone is 5. The van der Waals surface area contributed by atoms with Gasteiger partial charge in [-0.3, -0.25) is 4.79 Å². The van der Waals surface area contributed by atoms with Gasteiger partial charge in [0.05, 0.1) is 0 Å². The van der Waals surface area contributed by atoms with Crippen LogP contribution in [-0.2, 0) is 14.3 Å². The van der Waals surface area contributed by atoms with Gasteiger partial charge in [-0.2, -0.15) is 0 Å². The fourth-order valence-corrected chi connectivity index (χ4v) is 9.22. The fourth-order valence-electron chi connectivity index (χ4n) is 9.22. The molecule has 5 rings (SSSR count). The van der Waals surface area contributed by atoms with E-state index in [4.69, 9.17) is 4.74 Å². The highest BCUT2D eigenvalue weighted by Crippen LogP contribution is 2.59. The molecule has 0 aliphatic heterocycles. The second kappa shape index (κ2) is 11.0. The van der Waals surface area contributed by atoms with Crippen LogP contribution in [0.25, 0.3) is 0 Å². The topological polar surface area (TPSA) is 43.4 Å². The summed E-state index contributed by atoms with van der Waals surface area (Å²) in [4.78, 5) is 25.8.